The molecule has 1 unspecified atom stereocenters. The van der Waals surface area contributed by atoms with Crippen LogP contribution in [0.4, 0.5) is 0 Å². The molecule has 0 aliphatic rings. The summed E-state index contributed by atoms with van der Waals surface area (Å²) in [5.41, 5.74) is -0.806. The van der Waals surface area contributed by atoms with Crippen LogP contribution < -0.4 is 5.32 Å². The lowest BCUT2D eigenvalue weighted by atomic mass is 9.94. The molecule has 1 amide bonds. The van der Waals surface area contributed by atoms with Crippen LogP contribution in [0.2, 0.25) is 6.04 Å². The molecule has 0 saturated heterocycles. The molecular formula is C17H35NO5Si. The third-order valence-electron chi connectivity index (χ3n) is 4.06. The zero-order valence-electron chi connectivity index (χ0n) is 15.9. The second-order valence-electron chi connectivity index (χ2n) is 6.16. The maximum atomic E-state index is 11.9. The molecule has 0 aromatic carbocycles. The van der Waals surface area contributed by atoms with E-state index in [2.05, 4.69) is 24.4 Å². The molecule has 0 aliphatic heterocycles. The first-order valence-corrected chi connectivity index (χ1v) is 10.6. The third kappa shape index (κ3) is 10.2. The molecule has 142 valence electrons. The van der Waals surface area contributed by atoms with Gasteiger partial charge in [-0.1, -0.05) is 19.1 Å². The minimum atomic E-state index is -2.56. The van der Waals surface area contributed by atoms with Crippen LogP contribution in [0, 0.1) is 0 Å². The van der Waals surface area contributed by atoms with E-state index in [4.69, 9.17) is 13.3 Å². The van der Waals surface area contributed by atoms with Crippen LogP contribution in [0.25, 0.3) is 0 Å². The highest BCUT2D eigenvalue weighted by atomic mass is 28.4. The lowest BCUT2D eigenvalue weighted by Gasteiger charge is -2.24. The summed E-state index contributed by atoms with van der Waals surface area (Å²) in [5, 5.41) is 13.1. The first-order valence-electron chi connectivity index (χ1n) is 8.64. The number of carbonyl (C=O) groups is 1. The SMILES string of the molecule is CCC=CCCC(C)(O)CCC(=O)NCCC[Si](OC)(OC)OC. The first kappa shape index (κ1) is 23.3. The van der Waals surface area contributed by atoms with Crippen molar-refractivity contribution in [2.45, 2.75) is 64.0 Å². The number of hydrogen-bond donors (Lipinski definition) is 2. The molecule has 0 radical (unpaired) electrons. The predicted molar refractivity (Wildman–Crippen MR) is 97.7 cm³/mol. The topological polar surface area (TPSA) is 77.0 Å². The van der Waals surface area contributed by atoms with Crippen molar-refractivity contribution in [3.63, 3.8) is 0 Å². The minimum Gasteiger partial charge on any atom is -0.390 e. The van der Waals surface area contributed by atoms with Gasteiger partial charge in [0.2, 0.25) is 5.91 Å². The average molecular weight is 362 g/mol. The number of rotatable bonds is 14. The molecule has 0 spiro atoms. The van der Waals surface area contributed by atoms with Gasteiger partial charge in [0, 0.05) is 40.3 Å². The number of nitrogens with one attached hydrogen (secondary N) is 1. The number of allylic oxidation sites excluding steroid dienone is 2. The largest absolute Gasteiger partial charge is 0.500 e. The Hall–Kier alpha value is -0.733. The lowest BCUT2D eigenvalue weighted by Crippen LogP contribution is -2.43. The van der Waals surface area contributed by atoms with Crippen LogP contribution in [-0.4, -0.2) is 53.3 Å². The Kier molecular flexibility index (Phi) is 12.2. The Morgan fingerprint density at radius 2 is 1.79 bits per heavy atom. The van der Waals surface area contributed by atoms with Gasteiger partial charge in [-0.25, -0.2) is 0 Å². The third-order valence-corrected chi connectivity index (χ3v) is 6.89. The van der Waals surface area contributed by atoms with Crippen molar-refractivity contribution >= 4 is 14.7 Å². The van der Waals surface area contributed by atoms with Crippen molar-refractivity contribution in [2.24, 2.45) is 0 Å². The summed E-state index contributed by atoms with van der Waals surface area (Å²) in [6.45, 7) is 4.41. The van der Waals surface area contributed by atoms with E-state index in [9.17, 15) is 9.90 Å². The van der Waals surface area contributed by atoms with Crippen LogP contribution in [0.1, 0.15) is 52.4 Å². The average Bonchev–Trinajstić information content (AvgIpc) is 2.58. The van der Waals surface area contributed by atoms with E-state index in [0.717, 1.165) is 19.3 Å². The monoisotopic (exact) mass is 361 g/mol. The zero-order chi connectivity index (χ0) is 18.5. The first-order chi connectivity index (χ1) is 11.3. The summed E-state index contributed by atoms with van der Waals surface area (Å²) >= 11 is 0. The molecule has 24 heavy (non-hydrogen) atoms. The van der Waals surface area contributed by atoms with Crippen molar-refractivity contribution in [1.29, 1.82) is 0 Å². The van der Waals surface area contributed by atoms with Crippen LogP contribution in [0.5, 0.6) is 0 Å². The van der Waals surface area contributed by atoms with Gasteiger partial charge in [-0.15, -0.1) is 0 Å². The van der Waals surface area contributed by atoms with Gasteiger partial charge in [0.15, 0.2) is 0 Å². The maximum Gasteiger partial charge on any atom is 0.500 e. The fraction of sp³-hybridized carbons (Fsp3) is 0.824. The second-order valence-corrected chi connectivity index (χ2v) is 9.25. The Bertz CT molecular complexity index is 362. The van der Waals surface area contributed by atoms with Gasteiger partial charge in [0.1, 0.15) is 0 Å². The van der Waals surface area contributed by atoms with E-state index in [0.29, 0.717) is 31.9 Å². The normalized spacial score (nSPS) is 14.8. The second kappa shape index (κ2) is 12.6. The van der Waals surface area contributed by atoms with E-state index in [1.54, 1.807) is 28.3 Å². The van der Waals surface area contributed by atoms with Crippen molar-refractivity contribution in [3.05, 3.63) is 12.2 Å². The summed E-state index contributed by atoms with van der Waals surface area (Å²) in [5.74, 6) is -0.0427. The maximum absolute atomic E-state index is 11.9. The van der Waals surface area contributed by atoms with Crippen molar-refractivity contribution in [2.75, 3.05) is 27.9 Å². The molecule has 0 aliphatic carbocycles. The standard InChI is InChI=1S/C17H35NO5Si/c1-6-7-8-9-12-17(2,20)13-11-16(19)18-14-10-15-24(21-3,22-4)23-5/h7-8,20H,6,9-15H2,1-5H3,(H,18,19). The molecule has 6 nitrogen and oxygen atoms in total. The molecule has 1 atom stereocenters. The number of carbonyl (C=O) groups excluding carboxylic acids is 1. The summed E-state index contributed by atoms with van der Waals surface area (Å²) in [6, 6.07) is 0.651. The summed E-state index contributed by atoms with van der Waals surface area (Å²) < 4.78 is 16.0. The van der Waals surface area contributed by atoms with Gasteiger partial charge in [0.25, 0.3) is 0 Å². The van der Waals surface area contributed by atoms with Crippen molar-refractivity contribution < 1.29 is 23.2 Å². The molecule has 0 heterocycles. The Morgan fingerprint density at radius 1 is 1.17 bits per heavy atom. The Morgan fingerprint density at radius 3 is 2.33 bits per heavy atom. The van der Waals surface area contributed by atoms with E-state index in [1.807, 2.05) is 0 Å². The highest BCUT2D eigenvalue weighted by Gasteiger charge is 2.36. The van der Waals surface area contributed by atoms with Crippen molar-refractivity contribution in [3.8, 4) is 0 Å². The fourth-order valence-electron chi connectivity index (χ4n) is 2.36. The lowest BCUT2D eigenvalue weighted by molar-refractivity contribution is -0.122. The van der Waals surface area contributed by atoms with Crippen molar-refractivity contribution in [1.82, 2.24) is 5.32 Å². The van der Waals surface area contributed by atoms with Crippen LogP contribution in [0.3, 0.4) is 0 Å². The van der Waals surface area contributed by atoms with Gasteiger partial charge in [-0.2, -0.15) is 0 Å². The highest BCUT2D eigenvalue weighted by molar-refractivity contribution is 6.60. The smallest absolute Gasteiger partial charge is 0.390 e. The van der Waals surface area contributed by atoms with Gasteiger partial charge >= 0.3 is 8.80 Å². The van der Waals surface area contributed by atoms with Gasteiger partial charge in [-0.05, 0) is 39.0 Å². The zero-order valence-corrected chi connectivity index (χ0v) is 16.9. The molecule has 0 fully saturated rings. The van der Waals surface area contributed by atoms with Crippen LogP contribution in [0.15, 0.2) is 12.2 Å². The molecule has 0 bridgehead atoms. The molecule has 0 saturated carbocycles. The predicted octanol–water partition coefficient (Wildman–Crippen LogP) is 2.65. The molecule has 0 aromatic heterocycles. The van der Waals surface area contributed by atoms with Gasteiger partial charge < -0.3 is 23.7 Å². The van der Waals surface area contributed by atoms with E-state index in [-0.39, 0.29) is 5.91 Å². The van der Waals surface area contributed by atoms with Gasteiger partial charge in [0.05, 0.1) is 5.60 Å². The number of amides is 1. The van der Waals surface area contributed by atoms with Crippen LogP contribution >= 0.6 is 0 Å². The van der Waals surface area contributed by atoms with E-state index >= 15 is 0 Å². The van der Waals surface area contributed by atoms with E-state index < -0.39 is 14.4 Å². The molecule has 0 rings (SSSR count). The van der Waals surface area contributed by atoms with Gasteiger partial charge in [-0.3, -0.25) is 4.79 Å². The van der Waals surface area contributed by atoms with E-state index in [1.165, 1.54) is 0 Å². The Balaban J connectivity index is 3.95. The number of aliphatic hydroxyl groups is 1. The highest BCUT2D eigenvalue weighted by Crippen LogP contribution is 2.19. The summed E-state index contributed by atoms with van der Waals surface area (Å²) in [4.78, 5) is 11.9. The summed E-state index contributed by atoms with van der Waals surface area (Å²) in [7, 11) is 2.18. The minimum absolute atomic E-state index is 0.0427. The molecular weight excluding hydrogens is 326 g/mol. The molecule has 7 heteroatoms. The van der Waals surface area contributed by atoms with Crippen LogP contribution in [-0.2, 0) is 18.1 Å². The molecule has 2 N–H and O–H groups in total. The molecule has 0 aromatic rings. The Labute approximate surface area is 147 Å². The summed E-state index contributed by atoms with van der Waals surface area (Å²) in [6.07, 6.45) is 8.19. The quantitative estimate of drug-likeness (QED) is 0.283. The fourth-order valence-corrected chi connectivity index (χ4v) is 4.09. The number of hydrogen-bond acceptors (Lipinski definition) is 5.